The first kappa shape index (κ1) is 7.87. The molecule has 2 heteroatoms. The maximum Gasteiger partial charge on any atom is 0.0475 e. The van der Waals surface area contributed by atoms with Crippen molar-refractivity contribution in [1.82, 2.24) is 9.88 Å². The van der Waals surface area contributed by atoms with Crippen LogP contribution in [0.5, 0.6) is 0 Å². The van der Waals surface area contributed by atoms with Crippen LogP contribution in [0.1, 0.15) is 31.5 Å². The maximum atomic E-state index is 3.54. The molecule has 1 aliphatic rings. The van der Waals surface area contributed by atoms with Gasteiger partial charge in [0.25, 0.3) is 0 Å². The molecule has 1 aromatic rings. The zero-order valence-electron chi connectivity index (χ0n) is 7.59. The van der Waals surface area contributed by atoms with Crippen molar-refractivity contribution in [3.8, 4) is 0 Å². The first-order valence-electron chi connectivity index (χ1n) is 4.80. The van der Waals surface area contributed by atoms with Crippen LogP contribution in [0.3, 0.4) is 0 Å². The Hall–Kier alpha value is -0.760. The molecule has 0 saturated heterocycles. The molecule has 0 aromatic carbocycles. The van der Waals surface area contributed by atoms with E-state index in [9.17, 15) is 0 Å². The molecule has 1 aliphatic heterocycles. The molecule has 0 amide bonds. The molecule has 1 aromatic heterocycles. The summed E-state index contributed by atoms with van der Waals surface area (Å²) in [6, 6.07) is 4.97. The average Bonchev–Trinajstić information content (AvgIpc) is 2.53. The van der Waals surface area contributed by atoms with Gasteiger partial charge in [-0.15, -0.1) is 0 Å². The summed E-state index contributed by atoms with van der Waals surface area (Å²) in [5.74, 6) is 0. The van der Waals surface area contributed by atoms with Crippen molar-refractivity contribution in [1.29, 1.82) is 0 Å². The molecule has 1 atom stereocenters. The number of fused-ring (bicyclic) bond motifs is 1. The van der Waals surface area contributed by atoms with Crippen molar-refractivity contribution in [2.75, 3.05) is 6.54 Å². The highest BCUT2D eigenvalue weighted by molar-refractivity contribution is 5.13. The van der Waals surface area contributed by atoms with E-state index in [0.29, 0.717) is 6.04 Å². The number of hydrogen-bond acceptors (Lipinski definition) is 1. The number of nitrogens with one attached hydrogen (secondary N) is 1. The van der Waals surface area contributed by atoms with E-state index in [2.05, 4.69) is 35.1 Å². The largest absolute Gasteiger partial charge is 0.349 e. The zero-order valence-corrected chi connectivity index (χ0v) is 7.59. The average molecular weight is 164 g/mol. The van der Waals surface area contributed by atoms with Crippen molar-refractivity contribution in [2.45, 2.75) is 32.4 Å². The van der Waals surface area contributed by atoms with Gasteiger partial charge in [-0.05, 0) is 18.6 Å². The van der Waals surface area contributed by atoms with Gasteiger partial charge >= 0.3 is 0 Å². The lowest BCUT2D eigenvalue weighted by atomic mass is 10.1. The van der Waals surface area contributed by atoms with Gasteiger partial charge in [0.05, 0.1) is 0 Å². The van der Waals surface area contributed by atoms with E-state index in [-0.39, 0.29) is 0 Å². The van der Waals surface area contributed by atoms with Crippen molar-refractivity contribution >= 4 is 0 Å². The van der Waals surface area contributed by atoms with Gasteiger partial charge in [0.15, 0.2) is 0 Å². The van der Waals surface area contributed by atoms with Crippen molar-refractivity contribution in [3.05, 3.63) is 24.0 Å². The van der Waals surface area contributed by atoms with Crippen LogP contribution in [0.2, 0.25) is 0 Å². The van der Waals surface area contributed by atoms with Gasteiger partial charge in [0.2, 0.25) is 0 Å². The monoisotopic (exact) mass is 164 g/mol. The molecule has 0 aliphatic carbocycles. The quantitative estimate of drug-likeness (QED) is 0.706. The molecule has 66 valence electrons. The second-order valence-corrected chi connectivity index (χ2v) is 3.42. The summed E-state index contributed by atoms with van der Waals surface area (Å²) in [5, 5.41) is 3.54. The Balaban J connectivity index is 2.19. The van der Waals surface area contributed by atoms with Crippen LogP contribution in [-0.4, -0.2) is 11.1 Å². The third-order valence-electron chi connectivity index (χ3n) is 2.54. The molecule has 0 unspecified atom stereocenters. The number of nitrogens with zero attached hydrogens (tertiary/aromatic N) is 1. The van der Waals surface area contributed by atoms with Crippen LogP contribution < -0.4 is 5.32 Å². The molecule has 2 rings (SSSR count). The van der Waals surface area contributed by atoms with Crippen LogP contribution in [0.4, 0.5) is 0 Å². The highest BCUT2D eigenvalue weighted by atomic mass is 15.1. The van der Waals surface area contributed by atoms with Crippen LogP contribution >= 0.6 is 0 Å². The van der Waals surface area contributed by atoms with E-state index < -0.39 is 0 Å². The van der Waals surface area contributed by atoms with Crippen molar-refractivity contribution in [3.63, 3.8) is 0 Å². The highest BCUT2D eigenvalue weighted by Gasteiger charge is 2.17. The number of rotatable bonds is 2. The lowest BCUT2D eigenvalue weighted by Crippen LogP contribution is -2.32. The smallest absolute Gasteiger partial charge is 0.0475 e. The molecule has 0 spiro atoms. The molecule has 12 heavy (non-hydrogen) atoms. The lowest BCUT2D eigenvalue weighted by Gasteiger charge is -2.25. The molecule has 0 radical (unpaired) electrons. The fraction of sp³-hybridized carbons (Fsp3) is 0.600. The van der Waals surface area contributed by atoms with Gasteiger partial charge in [-0.2, -0.15) is 0 Å². The summed E-state index contributed by atoms with van der Waals surface area (Å²) < 4.78 is 2.36. The standard InChI is InChI=1S/C10H16N2/c1-2-4-9-10-5-3-7-12(10)8-6-11-9/h3,5,7,9,11H,2,4,6,8H2,1H3/t9-/m1/s1. The Morgan fingerprint density at radius 2 is 2.58 bits per heavy atom. The van der Waals surface area contributed by atoms with Gasteiger partial charge in [-0.1, -0.05) is 13.3 Å². The highest BCUT2D eigenvalue weighted by Crippen LogP contribution is 2.21. The molecule has 0 bridgehead atoms. The number of hydrogen-bond donors (Lipinski definition) is 1. The van der Waals surface area contributed by atoms with E-state index in [1.165, 1.54) is 18.5 Å². The van der Waals surface area contributed by atoms with Gasteiger partial charge in [0, 0.05) is 31.0 Å². The lowest BCUT2D eigenvalue weighted by molar-refractivity contribution is 0.403. The van der Waals surface area contributed by atoms with Crippen molar-refractivity contribution in [2.24, 2.45) is 0 Å². The SMILES string of the molecule is CCC[C@H]1NCCn2cccc21. The van der Waals surface area contributed by atoms with Gasteiger partial charge < -0.3 is 9.88 Å². The van der Waals surface area contributed by atoms with Crippen LogP contribution in [0.15, 0.2) is 18.3 Å². The summed E-state index contributed by atoms with van der Waals surface area (Å²) in [6.45, 7) is 4.48. The predicted octanol–water partition coefficient (Wildman–Crippen LogP) is 1.93. The number of aromatic nitrogens is 1. The van der Waals surface area contributed by atoms with E-state index >= 15 is 0 Å². The summed E-state index contributed by atoms with van der Waals surface area (Å²) in [7, 11) is 0. The van der Waals surface area contributed by atoms with Crippen LogP contribution in [-0.2, 0) is 6.54 Å². The molecular formula is C10H16N2. The minimum Gasteiger partial charge on any atom is -0.349 e. The minimum absolute atomic E-state index is 0.596. The summed E-state index contributed by atoms with van der Waals surface area (Å²) >= 11 is 0. The Morgan fingerprint density at radius 1 is 1.67 bits per heavy atom. The molecule has 0 saturated carbocycles. The second-order valence-electron chi connectivity index (χ2n) is 3.42. The Bertz CT molecular complexity index is 252. The first-order valence-corrected chi connectivity index (χ1v) is 4.80. The molecule has 2 nitrogen and oxygen atoms in total. The van der Waals surface area contributed by atoms with E-state index in [1.54, 1.807) is 0 Å². The van der Waals surface area contributed by atoms with Gasteiger partial charge in [-0.3, -0.25) is 0 Å². The fourth-order valence-corrected chi connectivity index (χ4v) is 1.95. The Labute approximate surface area is 73.6 Å². The van der Waals surface area contributed by atoms with Crippen LogP contribution in [0.25, 0.3) is 0 Å². The van der Waals surface area contributed by atoms with Gasteiger partial charge in [0.1, 0.15) is 0 Å². The maximum absolute atomic E-state index is 3.54. The Morgan fingerprint density at radius 3 is 3.42 bits per heavy atom. The van der Waals surface area contributed by atoms with E-state index in [0.717, 1.165) is 13.1 Å². The van der Waals surface area contributed by atoms with Crippen LogP contribution in [0, 0.1) is 0 Å². The Kier molecular flexibility index (Phi) is 2.17. The topological polar surface area (TPSA) is 17.0 Å². The summed E-state index contributed by atoms with van der Waals surface area (Å²) in [5.41, 5.74) is 1.46. The van der Waals surface area contributed by atoms with Gasteiger partial charge in [-0.25, -0.2) is 0 Å². The normalized spacial score (nSPS) is 22.2. The van der Waals surface area contributed by atoms with E-state index in [4.69, 9.17) is 0 Å². The molecule has 0 fully saturated rings. The third kappa shape index (κ3) is 1.27. The van der Waals surface area contributed by atoms with E-state index in [1.807, 2.05) is 0 Å². The second kappa shape index (κ2) is 3.31. The molecular weight excluding hydrogens is 148 g/mol. The molecule has 1 N–H and O–H groups in total. The summed E-state index contributed by atoms with van der Waals surface area (Å²) in [4.78, 5) is 0. The minimum atomic E-state index is 0.596. The fourth-order valence-electron chi connectivity index (χ4n) is 1.95. The van der Waals surface area contributed by atoms with Crippen molar-refractivity contribution < 1.29 is 0 Å². The molecule has 2 heterocycles. The zero-order chi connectivity index (χ0) is 8.39. The third-order valence-corrected chi connectivity index (χ3v) is 2.54. The predicted molar refractivity (Wildman–Crippen MR) is 50.1 cm³/mol. The summed E-state index contributed by atoms with van der Waals surface area (Å²) in [6.07, 6.45) is 4.69. The first-order chi connectivity index (χ1) is 5.92.